The second kappa shape index (κ2) is 8.67. The molecule has 0 spiro atoms. The number of anilines is 1. The van der Waals surface area contributed by atoms with Crippen LogP contribution >= 0.6 is 0 Å². The lowest BCUT2D eigenvalue weighted by atomic mass is 9.87. The summed E-state index contributed by atoms with van der Waals surface area (Å²) in [4.78, 5) is 21.1. The Balaban J connectivity index is 1.24. The number of morpholine rings is 1. The lowest BCUT2D eigenvalue weighted by Crippen LogP contribution is -2.38. The maximum atomic E-state index is 6.51. The number of imidazole rings is 1. The molecule has 2 aliphatic heterocycles. The molecule has 8 heteroatoms. The topological polar surface area (TPSA) is 79.4 Å². The number of benzene rings is 1. The fourth-order valence-electron chi connectivity index (χ4n) is 5.45. The Morgan fingerprint density at radius 3 is 2.97 bits per heavy atom. The van der Waals surface area contributed by atoms with E-state index in [2.05, 4.69) is 60.9 Å². The lowest BCUT2D eigenvalue weighted by molar-refractivity contribution is 0.0495. The van der Waals surface area contributed by atoms with E-state index in [4.69, 9.17) is 9.47 Å². The lowest BCUT2D eigenvalue weighted by Gasteiger charge is -2.36. The summed E-state index contributed by atoms with van der Waals surface area (Å²) in [5, 5.41) is 0. The van der Waals surface area contributed by atoms with Crippen LogP contribution in [0.3, 0.4) is 0 Å². The first kappa shape index (κ1) is 20.5. The third-order valence-corrected chi connectivity index (χ3v) is 7.14. The van der Waals surface area contributed by atoms with Gasteiger partial charge in [0.05, 0.1) is 25.6 Å². The molecule has 0 amide bonds. The van der Waals surface area contributed by atoms with Crippen LogP contribution in [0, 0.1) is 5.92 Å². The van der Waals surface area contributed by atoms with Crippen LogP contribution in [-0.4, -0.2) is 70.3 Å². The van der Waals surface area contributed by atoms with E-state index in [1.165, 1.54) is 16.8 Å². The quantitative estimate of drug-likeness (QED) is 0.644. The molecule has 1 aromatic carbocycles. The number of fused-ring (bicyclic) bond motifs is 2. The van der Waals surface area contributed by atoms with Crippen molar-refractivity contribution in [3.63, 3.8) is 0 Å². The summed E-state index contributed by atoms with van der Waals surface area (Å²) in [6.45, 7) is 7.46. The molecule has 3 aromatic rings. The van der Waals surface area contributed by atoms with Crippen LogP contribution in [0.5, 0.6) is 5.75 Å². The number of aromatic amines is 1. The van der Waals surface area contributed by atoms with Crippen molar-refractivity contribution in [1.29, 1.82) is 0 Å². The van der Waals surface area contributed by atoms with Gasteiger partial charge in [-0.25, -0.2) is 15.0 Å². The summed E-state index contributed by atoms with van der Waals surface area (Å²) in [5.41, 5.74) is 5.62. The highest BCUT2D eigenvalue weighted by molar-refractivity contribution is 5.83. The van der Waals surface area contributed by atoms with Gasteiger partial charge in [-0.3, -0.25) is 0 Å². The van der Waals surface area contributed by atoms with E-state index in [0.717, 1.165) is 69.2 Å². The molecule has 3 aliphatic rings. The van der Waals surface area contributed by atoms with E-state index in [1.807, 2.05) is 0 Å². The van der Waals surface area contributed by atoms with E-state index in [9.17, 15) is 0 Å². The van der Waals surface area contributed by atoms with Gasteiger partial charge in [0.1, 0.15) is 24.2 Å². The van der Waals surface area contributed by atoms with Gasteiger partial charge in [0.2, 0.25) is 0 Å². The number of rotatable bonds is 5. The summed E-state index contributed by atoms with van der Waals surface area (Å²) < 4.78 is 12.1. The highest BCUT2D eigenvalue weighted by Gasteiger charge is 2.30. The maximum absolute atomic E-state index is 6.51. The van der Waals surface area contributed by atoms with Crippen molar-refractivity contribution in [3.05, 3.63) is 47.7 Å². The number of allylic oxidation sites excluding steroid dienone is 1. The minimum atomic E-state index is 0.271. The molecule has 0 radical (unpaired) electrons. The third-order valence-electron chi connectivity index (χ3n) is 7.14. The second-order valence-electron chi connectivity index (χ2n) is 9.20. The number of hydrogen-bond acceptors (Lipinski definition) is 7. The Bertz CT molecular complexity index is 1170. The van der Waals surface area contributed by atoms with Gasteiger partial charge in [-0.1, -0.05) is 19.1 Å². The molecule has 33 heavy (non-hydrogen) atoms. The van der Waals surface area contributed by atoms with Crippen LogP contribution in [0.2, 0.25) is 0 Å². The molecule has 2 unspecified atom stereocenters. The number of aromatic nitrogens is 4. The minimum Gasteiger partial charge on any atom is -0.491 e. The van der Waals surface area contributed by atoms with E-state index < -0.39 is 0 Å². The molecule has 2 fully saturated rings. The van der Waals surface area contributed by atoms with Gasteiger partial charge in [-0.2, -0.15) is 0 Å². The van der Waals surface area contributed by atoms with Gasteiger partial charge >= 0.3 is 0 Å². The number of ether oxygens (including phenoxy) is 2. The van der Waals surface area contributed by atoms with Crippen LogP contribution < -0.4 is 9.64 Å². The smallest absolute Gasteiger partial charge is 0.182 e. The van der Waals surface area contributed by atoms with E-state index in [0.29, 0.717) is 18.2 Å². The molecule has 2 aromatic heterocycles. The molecule has 2 atom stereocenters. The highest BCUT2D eigenvalue weighted by Crippen LogP contribution is 2.36. The van der Waals surface area contributed by atoms with E-state index in [1.54, 1.807) is 12.7 Å². The SMILES string of the molecule is CC1Cc2cccc(OCC3CCCN3c3ncnc4nc[nH]c34)c2C=C1N1CCOCC1. The van der Waals surface area contributed by atoms with Crippen LogP contribution in [0.4, 0.5) is 5.82 Å². The normalized spacial score (nSPS) is 23.0. The molecule has 2 saturated heterocycles. The average molecular weight is 447 g/mol. The Morgan fingerprint density at radius 2 is 2.06 bits per heavy atom. The van der Waals surface area contributed by atoms with Crippen LogP contribution in [-0.2, 0) is 11.2 Å². The second-order valence-corrected chi connectivity index (χ2v) is 9.20. The summed E-state index contributed by atoms with van der Waals surface area (Å²) >= 11 is 0. The summed E-state index contributed by atoms with van der Waals surface area (Å²) in [7, 11) is 0. The van der Waals surface area contributed by atoms with E-state index >= 15 is 0 Å². The fourth-order valence-corrected chi connectivity index (χ4v) is 5.45. The molecule has 1 aliphatic carbocycles. The van der Waals surface area contributed by atoms with Gasteiger partial charge in [0, 0.05) is 36.8 Å². The van der Waals surface area contributed by atoms with Gasteiger partial charge in [0.15, 0.2) is 11.5 Å². The Morgan fingerprint density at radius 1 is 1.15 bits per heavy atom. The zero-order valence-electron chi connectivity index (χ0n) is 19.0. The van der Waals surface area contributed by atoms with Crippen LogP contribution in [0.25, 0.3) is 17.2 Å². The minimum absolute atomic E-state index is 0.271. The zero-order chi connectivity index (χ0) is 22.2. The third kappa shape index (κ3) is 3.82. The van der Waals surface area contributed by atoms with Crippen molar-refractivity contribution in [3.8, 4) is 5.75 Å². The predicted octanol–water partition coefficient (Wildman–Crippen LogP) is 3.27. The first-order valence-corrected chi connectivity index (χ1v) is 12.0. The molecule has 172 valence electrons. The van der Waals surface area contributed by atoms with Crippen molar-refractivity contribution in [2.75, 3.05) is 44.4 Å². The monoisotopic (exact) mass is 446 g/mol. The van der Waals surface area contributed by atoms with Gasteiger partial charge in [-0.05, 0) is 37.0 Å². The van der Waals surface area contributed by atoms with Crippen molar-refractivity contribution >= 4 is 23.1 Å². The molecular formula is C25H30N6O2. The van der Waals surface area contributed by atoms with Crippen molar-refractivity contribution < 1.29 is 9.47 Å². The van der Waals surface area contributed by atoms with E-state index in [-0.39, 0.29) is 6.04 Å². The summed E-state index contributed by atoms with van der Waals surface area (Å²) in [6, 6.07) is 6.74. The summed E-state index contributed by atoms with van der Waals surface area (Å²) in [5.74, 6) is 2.40. The number of H-pyrrole nitrogens is 1. The number of nitrogens with one attached hydrogen (secondary N) is 1. The van der Waals surface area contributed by atoms with Crippen molar-refractivity contribution in [1.82, 2.24) is 24.8 Å². The van der Waals surface area contributed by atoms with Crippen molar-refractivity contribution in [2.24, 2.45) is 5.92 Å². The Kier molecular flexibility index (Phi) is 5.38. The fraction of sp³-hybridized carbons (Fsp3) is 0.480. The molecule has 0 saturated carbocycles. The zero-order valence-corrected chi connectivity index (χ0v) is 19.0. The van der Waals surface area contributed by atoms with Crippen LogP contribution in [0.15, 0.2) is 36.6 Å². The summed E-state index contributed by atoms with van der Waals surface area (Å²) in [6.07, 6.45) is 8.89. The first-order chi connectivity index (χ1) is 16.3. The van der Waals surface area contributed by atoms with Crippen molar-refractivity contribution in [2.45, 2.75) is 32.2 Å². The van der Waals surface area contributed by atoms with Gasteiger partial charge < -0.3 is 24.3 Å². The Hall–Kier alpha value is -3.13. The predicted molar refractivity (Wildman–Crippen MR) is 127 cm³/mol. The Labute approximate surface area is 193 Å². The maximum Gasteiger partial charge on any atom is 0.182 e. The molecule has 1 N–H and O–H groups in total. The molecule has 8 nitrogen and oxygen atoms in total. The highest BCUT2D eigenvalue weighted by atomic mass is 16.5. The molecule has 6 rings (SSSR count). The first-order valence-electron chi connectivity index (χ1n) is 12.0. The standard InChI is InChI=1S/C25H30N6O2/c1-17-12-18-4-2-6-22(20(18)13-21(17)30-8-10-32-11-9-30)33-14-19-5-3-7-31(19)25-23-24(27-15-26-23)28-16-29-25/h2,4,6,13,15-17,19H,3,5,7-12,14H2,1H3,(H,26,27,28,29). The van der Waals surface area contributed by atoms with Gasteiger partial charge in [-0.15, -0.1) is 0 Å². The average Bonchev–Trinajstić information content (AvgIpc) is 3.52. The van der Waals surface area contributed by atoms with Crippen LogP contribution in [0.1, 0.15) is 30.9 Å². The van der Waals surface area contributed by atoms with Gasteiger partial charge in [0.25, 0.3) is 0 Å². The number of hydrogen-bond donors (Lipinski definition) is 1. The largest absolute Gasteiger partial charge is 0.491 e. The molecule has 4 heterocycles. The number of nitrogens with zero attached hydrogens (tertiary/aromatic N) is 5. The molecule has 0 bridgehead atoms. The molecular weight excluding hydrogens is 416 g/mol.